The van der Waals surface area contributed by atoms with Crippen LogP contribution in [-0.2, 0) is 13.0 Å². The first kappa shape index (κ1) is 16.0. The predicted octanol–water partition coefficient (Wildman–Crippen LogP) is 1.37. The number of hydrogen-bond donors (Lipinski definition) is 1. The number of nitrogens with two attached hydrogens (primary N) is 1. The zero-order valence-corrected chi connectivity index (χ0v) is 12.9. The molecule has 110 valence electrons. The van der Waals surface area contributed by atoms with Crippen molar-refractivity contribution in [3.8, 4) is 5.75 Å². The molecule has 5 heteroatoms. The third kappa shape index (κ3) is 4.84. The van der Waals surface area contributed by atoms with Crippen molar-refractivity contribution in [1.29, 1.82) is 0 Å². The minimum atomic E-state index is 0.224. The fourth-order valence-corrected chi connectivity index (χ4v) is 1.94. The van der Waals surface area contributed by atoms with Crippen molar-refractivity contribution < 1.29 is 4.74 Å². The summed E-state index contributed by atoms with van der Waals surface area (Å²) in [5.74, 6) is 1.37. The molecule has 0 spiro atoms. The van der Waals surface area contributed by atoms with Crippen LogP contribution in [-0.4, -0.2) is 48.5 Å². The van der Waals surface area contributed by atoms with Crippen LogP contribution >= 0.6 is 0 Å². The molecular weight excluding hydrogens is 240 g/mol. The normalized spacial score (nSPS) is 13.3. The van der Waals surface area contributed by atoms with E-state index >= 15 is 0 Å². The van der Waals surface area contributed by atoms with Crippen molar-refractivity contribution in [2.75, 3.05) is 27.7 Å². The fraction of sp³-hybridized carbons (Fsp3) is 0.786. The van der Waals surface area contributed by atoms with Crippen LogP contribution in [0.2, 0.25) is 0 Å². The van der Waals surface area contributed by atoms with Crippen molar-refractivity contribution in [1.82, 2.24) is 14.7 Å². The van der Waals surface area contributed by atoms with Gasteiger partial charge in [-0.2, -0.15) is 5.10 Å². The van der Waals surface area contributed by atoms with Gasteiger partial charge < -0.3 is 15.4 Å². The molecule has 0 aliphatic rings. The molecule has 1 unspecified atom stereocenters. The second-order valence-electron chi connectivity index (χ2n) is 5.63. The third-order valence-corrected chi connectivity index (χ3v) is 3.46. The minimum Gasteiger partial charge on any atom is -0.493 e. The maximum absolute atomic E-state index is 6.12. The van der Waals surface area contributed by atoms with E-state index in [1.165, 1.54) is 0 Å². The molecule has 0 radical (unpaired) electrons. The molecule has 1 aromatic heterocycles. The first-order valence-corrected chi connectivity index (χ1v) is 6.94. The summed E-state index contributed by atoms with van der Waals surface area (Å²) in [5, 5.41) is 4.41. The number of ether oxygens (including phenoxy) is 1. The highest BCUT2D eigenvalue weighted by Crippen LogP contribution is 2.20. The molecule has 1 aromatic rings. The molecule has 0 bridgehead atoms. The summed E-state index contributed by atoms with van der Waals surface area (Å²) >= 11 is 0. The molecule has 0 saturated carbocycles. The number of methoxy groups -OCH3 is 1. The Labute approximate surface area is 116 Å². The van der Waals surface area contributed by atoms with E-state index in [1.807, 2.05) is 4.68 Å². The quantitative estimate of drug-likeness (QED) is 0.773. The van der Waals surface area contributed by atoms with E-state index < -0.39 is 0 Å². The zero-order valence-electron chi connectivity index (χ0n) is 12.9. The van der Waals surface area contributed by atoms with Gasteiger partial charge in [0.25, 0.3) is 0 Å². The van der Waals surface area contributed by atoms with Crippen LogP contribution in [0.25, 0.3) is 0 Å². The Morgan fingerprint density at radius 2 is 2.11 bits per heavy atom. The van der Waals surface area contributed by atoms with Crippen molar-refractivity contribution >= 4 is 0 Å². The van der Waals surface area contributed by atoms with Gasteiger partial charge in [0.1, 0.15) is 0 Å². The van der Waals surface area contributed by atoms with E-state index in [4.69, 9.17) is 10.5 Å². The fourth-order valence-electron chi connectivity index (χ4n) is 1.94. The number of hydrogen-bond acceptors (Lipinski definition) is 4. The highest BCUT2D eigenvalue weighted by molar-refractivity contribution is 5.25. The predicted molar refractivity (Wildman–Crippen MR) is 78.5 cm³/mol. The number of nitrogens with zero attached hydrogens (tertiary/aromatic N) is 3. The molecule has 0 aromatic carbocycles. The van der Waals surface area contributed by atoms with Crippen molar-refractivity contribution in [2.45, 2.75) is 39.3 Å². The van der Waals surface area contributed by atoms with Crippen molar-refractivity contribution in [2.24, 2.45) is 11.7 Å². The lowest BCUT2D eigenvalue weighted by molar-refractivity contribution is 0.362. The largest absolute Gasteiger partial charge is 0.493 e. The van der Waals surface area contributed by atoms with Gasteiger partial charge in [0, 0.05) is 12.6 Å². The summed E-state index contributed by atoms with van der Waals surface area (Å²) in [5.41, 5.74) is 7.27. The molecule has 0 aliphatic heterocycles. The van der Waals surface area contributed by atoms with Gasteiger partial charge in [-0.3, -0.25) is 4.68 Å². The molecule has 2 N–H and O–H groups in total. The minimum absolute atomic E-state index is 0.224. The third-order valence-electron chi connectivity index (χ3n) is 3.46. The van der Waals surface area contributed by atoms with Gasteiger partial charge in [-0.15, -0.1) is 0 Å². The smallest absolute Gasteiger partial charge is 0.159 e. The van der Waals surface area contributed by atoms with E-state index in [9.17, 15) is 0 Å². The van der Waals surface area contributed by atoms with Crippen LogP contribution < -0.4 is 10.5 Å². The van der Waals surface area contributed by atoms with Crippen LogP contribution in [0, 0.1) is 5.92 Å². The maximum Gasteiger partial charge on any atom is 0.159 e. The average Bonchev–Trinajstić information content (AvgIpc) is 2.75. The summed E-state index contributed by atoms with van der Waals surface area (Å²) in [4.78, 5) is 2.15. The second-order valence-corrected chi connectivity index (χ2v) is 5.63. The van der Waals surface area contributed by atoms with Gasteiger partial charge in [0.05, 0.1) is 25.5 Å². The van der Waals surface area contributed by atoms with Gasteiger partial charge in [0.15, 0.2) is 5.75 Å². The molecule has 0 aliphatic carbocycles. The summed E-state index contributed by atoms with van der Waals surface area (Å²) < 4.78 is 7.42. The first-order chi connectivity index (χ1) is 8.95. The van der Waals surface area contributed by atoms with Crippen LogP contribution in [0.4, 0.5) is 0 Å². The standard InChI is InChI=1S/C14H28N4O/c1-11(2)12(15)6-7-13-14(19-5)10-16-18(13)9-8-17(3)4/h10-12H,6-9,15H2,1-5H3. The van der Waals surface area contributed by atoms with E-state index in [1.54, 1.807) is 13.3 Å². The second kappa shape index (κ2) is 7.50. The maximum atomic E-state index is 6.12. The Morgan fingerprint density at radius 1 is 1.42 bits per heavy atom. The Bertz CT molecular complexity index is 374. The van der Waals surface area contributed by atoms with Gasteiger partial charge in [0.2, 0.25) is 0 Å². The number of likely N-dealkylation sites (N-methyl/N-ethyl adjacent to an activating group) is 1. The Kier molecular flexibility index (Phi) is 6.31. The van der Waals surface area contributed by atoms with E-state index in [2.05, 4.69) is 37.9 Å². The molecule has 1 atom stereocenters. The SMILES string of the molecule is COc1cnn(CCN(C)C)c1CCC(N)C(C)C. The molecule has 0 saturated heterocycles. The Hall–Kier alpha value is -1.07. The lowest BCUT2D eigenvalue weighted by Crippen LogP contribution is -2.27. The monoisotopic (exact) mass is 268 g/mol. The highest BCUT2D eigenvalue weighted by Gasteiger charge is 2.14. The van der Waals surface area contributed by atoms with Gasteiger partial charge in [-0.05, 0) is 32.9 Å². The van der Waals surface area contributed by atoms with E-state index in [0.29, 0.717) is 5.92 Å². The molecule has 5 nitrogen and oxygen atoms in total. The number of rotatable bonds is 8. The van der Waals surface area contributed by atoms with Crippen molar-refractivity contribution in [3.63, 3.8) is 0 Å². The van der Waals surface area contributed by atoms with Gasteiger partial charge in [-0.25, -0.2) is 0 Å². The average molecular weight is 268 g/mol. The molecule has 0 fully saturated rings. The zero-order chi connectivity index (χ0) is 14.4. The molecule has 1 heterocycles. The molecule has 0 amide bonds. The molecule has 19 heavy (non-hydrogen) atoms. The summed E-state index contributed by atoms with van der Waals surface area (Å²) in [7, 11) is 5.82. The van der Waals surface area contributed by atoms with Crippen LogP contribution in [0.1, 0.15) is 26.0 Å². The van der Waals surface area contributed by atoms with Gasteiger partial charge in [-0.1, -0.05) is 13.8 Å². The summed E-state index contributed by atoms with van der Waals surface area (Å²) in [6.07, 6.45) is 3.67. The van der Waals surface area contributed by atoms with Gasteiger partial charge >= 0.3 is 0 Å². The number of aromatic nitrogens is 2. The first-order valence-electron chi connectivity index (χ1n) is 6.94. The summed E-state index contributed by atoms with van der Waals surface area (Å²) in [6.45, 7) is 6.16. The molecule has 1 rings (SSSR count). The Morgan fingerprint density at radius 3 is 2.63 bits per heavy atom. The van der Waals surface area contributed by atoms with Crippen LogP contribution in [0.3, 0.4) is 0 Å². The Balaban J connectivity index is 2.70. The summed E-state index contributed by atoms with van der Waals surface area (Å²) in [6, 6.07) is 0.224. The lowest BCUT2D eigenvalue weighted by Gasteiger charge is -2.17. The van der Waals surface area contributed by atoms with E-state index in [-0.39, 0.29) is 6.04 Å². The van der Waals surface area contributed by atoms with Crippen LogP contribution in [0.5, 0.6) is 5.75 Å². The topological polar surface area (TPSA) is 56.3 Å². The highest BCUT2D eigenvalue weighted by atomic mass is 16.5. The lowest BCUT2D eigenvalue weighted by atomic mass is 9.99. The van der Waals surface area contributed by atoms with Crippen LogP contribution in [0.15, 0.2) is 6.20 Å². The van der Waals surface area contributed by atoms with E-state index in [0.717, 1.165) is 37.4 Å². The molecular formula is C14H28N4O. The van der Waals surface area contributed by atoms with Crippen molar-refractivity contribution in [3.05, 3.63) is 11.9 Å².